The highest BCUT2D eigenvalue weighted by Gasteiger charge is 2.30. The molecule has 0 saturated heterocycles. The molecule has 0 heterocycles. The van der Waals surface area contributed by atoms with Gasteiger partial charge in [0, 0.05) is 5.75 Å². The topological polar surface area (TPSA) is 194 Å². The standard InChI is InChI=1S/C15H27N5O6S2/c1-7(16)12(22)18-8(3-4-28-2)13(23)19-9(5-11(17)21)14(24)20-10(6-27)15(25)26/h7-10,27H,3-6,16H2,1-2H3,(H2,17,21)(H,18,22)(H,19,23)(H,20,24)(H,25,26). The van der Waals surface area contributed by atoms with Crippen LogP contribution in [-0.4, -0.2) is 76.6 Å². The average Bonchev–Trinajstić information content (AvgIpc) is 2.60. The van der Waals surface area contributed by atoms with Crippen molar-refractivity contribution in [1.29, 1.82) is 0 Å². The van der Waals surface area contributed by atoms with Crippen LogP contribution in [-0.2, 0) is 24.0 Å². The van der Waals surface area contributed by atoms with Gasteiger partial charge in [0.25, 0.3) is 0 Å². The third-order valence-electron chi connectivity index (χ3n) is 3.49. The van der Waals surface area contributed by atoms with E-state index in [9.17, 15) is 24.0 Å². The molecule has 4 unspecified atom stereocenters. The zero-order valence-electron chi connectivity index (χ0n) is 15.6. The lowest BCUT2D eigenvalue weighted by molar-refractivity contribution is -0.141. The molecule has 0 aromatic rings. The summed E-state index contributed by atoms with van der Waals surface area (Å²) < 4.78 is 0. The largest absolute Gasteiger partial charge is 0.480 e. The van der Waals surface area contributed by atoms with Gasteiger partial charge < -0.3 is 32.5 Å². The lowest BCUT2D eigenvalue weighted by Crippen LogP contribution is -2.57. The Hall–Kier alpha value is -1.99. The molecule has 0 spiro atoms. The van der Waals surface area contributed by atoms with E-state index in [0.717, 1.165) is 0 Å². The number of primary amides is 1. The first-order chi connectivity index (χ1) is 13.0. The Bertz CT molecular complexity index is 589. The average molecular weight is 438 g/mol. The second-order valence-electron chi connectivity index (χ2n) is 5.94. The van der Waals surface area contributed by atoms with Gasteiger partial charge in [0.2, 0.25) is 23.6 Å². The van der Waals surface area contributed by atoms with E-state index in [-0.39, 0.29) is 12.2 Å². The van der Waals surface area contributed by atoms with Crippen LogP contribution < -0.4 is 27.4 Å². The first-order valence-electron chi connectivity index (χ1n) is 8.31. The molecule has 0 aromatic heterocycles. The first kappa shape index (κ1) is 26.0. The summed E-state index contributed by atoms with van der Waals surface area (Å²) >= 11 is 5.27. The van der Waals surface area contributed by atoms with Crippen molar-refractivity contribution in [2.75, 3.05) is 17.8 Å². The molecule has 13 heteroatoms. The highest BCUT2D eigenvalue weighted by atomic mass is 32.2. The number of nitrogens with two attached hydrogens (primary N) is 2. The van der Waals surface area contributed by atoms with Gasteiger partial charge in [-0.05, 0) is 25.4 Å². The summed E-state index contributed by atoms with van der Waals surface area (Å²) in [5.41, 5.74) is 10.6. The number of carboxylic acid groups (broad SMARTS) is 1. The van der Waals surface area contributed by atoms with E-state index in [1.165, 1.54) is 18.7 Å². The molecule has 0 aliphatic heterocycles. The Morgan fingerprint density at radius 2 is 1.50 bits per heavy atom. The Morgan fingerprint density at radius 1 is 1.00 bits per heavy atom. The van der Waals surface area contributed by atoms with Gasteiger partial charge in [-0.3, -0.25) is 19.2 Å². The number of hydrogen-bond acceptors (Lipinski definition) is 8. The Morgan fingerprint density at radius 3 is 1.93 bits per heavy atom. The second kappa shape index (κ2) is 13.2. The molecule has 8 N–H and O–H groups in total. The lowest BCUT2D eigenvalue weighted by atomic mass is 10.1. The first-order valence-corrected chi connectivity index (χ1v) is 10.3. The molecule has 0 saturated carbocycles. The fourth-order valence-electron chi connectivity index (χ4n) is 1.95. The van der Waals surface area contributed by atoms with Crippen molar-refractivity contribution in [1.82, 2.24) is 16.0 Å². The van der Waals surface area contributed by atoms with Crippen molar-refractivity contribution >= 4 is 54.0 Å². The summed E-state index contributed by atoms with van der Waals surface area (Å²) in [4.78, 5) is 59.0. The zero-order valence-corrected chi connectivity index (χ0v) is 17.3. The molecule has 0 rings (SSSR count). The van der Waals surface area contributed by atoms with E-state index in [1.807, 2.05) is 6.26 Å². The van der Waals surface area contributed by atoms with Crippen LogP contribution in [0.15, 0.2) is 0 Å². The molecule has 0 bridgehead atoms. The summed E-state index contributed by atoms with van der Waals surface area (Å²) in [6, 6.07) is -4.56. The van der Waals surface area contributed by atoms with Gasteiger partial charge in [0.1, 0.15) is 18.1 Å². The van der Waals surface area contributed by atoms with Crippen LogP contribution in [0.2, 0.25) is 0 Å². The SMILES string of the molecule is CSCCC(NC(=O)C(C)N)C(=O)NC(CC(N)=O)C(=O)NC(CS)C(=O)O. The van der Waals surface area contributed by atoms with E-state index < -0.39 is 60.2 Å². The maximum atomic E-state index is 12.6. The Balaban J connectivity index is 5.30. The van der Waals surface area contributed by atoms with Crippen molar-refractivity contribution < 1.29 is 29.1 Å². The summed E-state index contributed by atoms with van der Waals surface area (Å²) in [5, 5.41) is 16.0. The van der Waals surface area contributed by atoms with E-state index in [0.29, 0.717) is 5.75 Å². The van der Waals surface area contributed by atoms with Gasteiger partial charge >= 0.3 is 5.97 Å². The van der Waals surface area contributed by atoms with Gasteiger partial charge in [0.15, 0.2) is 0 Å². The fourth-order valence-corrected chi connectivity index (χ4v) is 2.67. The molecule has 4 amide bonds. The van der Waals surface area contributed by atoms with Crippen LogP contribution in [0.25, 0.3) is 0 Å². The monoisotopic (exact) mass is 437 g/mol. The number of carboxylic acids is 1. The second-order valence-corrected chi connectivity index (χ2v) is 7.30. The van der Waals surface area contributed by atoms with Crippen molar-refractivity contribution in [3.63, 3.8) is 0 Å². The van der Waals surface area contributed by atoms with E-state index in [1.54, 1.807) is 0 Å². The number of carbonyl (C=O) groups is 5. The van der Waals surface area contributed by atoms with Crippen molar-refractivity contribution in [3.05, 3.63) is 0 Å². The molecule has 0 fully saturated rings. The Labute approximate surface area is 172 Å². The number of carbonyl (C=O) groups excluding carboxylic acids is 4. The molecule has 28 heavy (non-hydrogen) atoms. The van der Waals surface area contributed by atoms with Gasteiger partial charge in [0.05, 0.1) is 12.5 Å². The number of hydrogen-bond donors (Lipinski definition) is 7. The van der Waals surface area contributed by atoms with Gasteiger partial charge in [-0.15, -0.1) is 0 Å². The number of nitrogens with one attached hydrogen (secondary N) is 3. The summed E-state index contributed by atoms with van der Waals surface area (Å²) in [6.45, 7) is 1.45. The van der Waals surface area contributed by atoms with Gasteiger partial charge in [-0.1, -0.05) is 0 Å². The van der Waals surface area contributed by atoms with Crippen LogP contribution in [0.3, 0.4) is 0 Å². The molecular formula is C15H27N5O6S2. The molecular weight excluding hydrogens is 410 g/mol. The highest BCUT2D eigenvalue weighted by Crippen LogP contribution is 2.04. The smallest absolute Gasteiger partial charge is 0.327 e. The van der Waals surface area contributed by atoms with Crippen molar-refractivity contribution in [2.45, 2.75) is 43.9 Å². The highest BCUT2D eigenvalue weighted by molar-refractivity contribution is 7.98. The number of aliphatic carboxylic acids is 1. The quantitative estimate of drug-likeness (QED) is 0.153. The predicted octanol–water partition coefficient (Wildman–Crippen LogP) is -2.57. The zero-order chi connectivity index (χ0) is 21.9. The van der Waals surface area contributed by atoms with E-state index in [4.69, 9.17) is 16.6 Å². The molecule has 0 aliphatic rings. The number of rotatable bonds is 13. The van der Waals surface area contributed by atoms with Crippen LogP contribution in [0.1, 0.15) is 19.8 Å². The maximum absolute atomic E-state index is 12.6. The van der Waals surface area contributed by atoms with Crippen LogP contribution in [0.4, 0.5) is 0 Å². The number of amides is 4. The fraction of sp³-hybridized carbons (Fsp3) is 0.667. The lowest BCUT2D eigenvalue weighted by Gasteiger charge is -2.24. The summed E-state index contributed by atoms with van der Waals surface area (Å²) in [6.07, 6.45) is 1.52. The van der Waals surface area contributed by atoms with E-state index in [2.05, 4.69) is 28.6 Å². The normalized spacial score (nSPS) is 14.9. The summed E-state index contributed by atoms with van der Waals surface area (Å²) in [7, 11) is 0. The van der Waals surface area contributed by atoms with E-state index >= 15 is 0 Å². The third kappa shape index (κ3) is 9.80. The molecule has 160 valence electrons. The number of thioether (sulfide) groups is 1. The minimum absolute atomic E-state index is 0.195. The molecule has 0 aromatic carbocycles. The van der Waals surface area contributed by atoms with Crippen molar-refractivity contribution in [3.8, 4) is 0 Å². The van der Waals surface area contributed by atoms with Gasteiger partial charge in [-0.2, -0.15) is 24.4 Å². The molecule has 0 radical (unpaired) electrons. The molecule has 0 aliphatic carbocycles. The minimum Gasteiger partial charge on any atom is -0.480 e. The van der Waals surface area contributed by atoms with Crippen LogP contribution in [0, 0.1) is 0 Å². The third-order valence-corrected chi connectivity index (χ3v) is 4.50. The predicted molar refractivity (Wildman–Crippen MR) is 108 cm³/mol. The van der Waals surface area contributed by atoms with Crippen LogP contribution >= 0.6 is 24.4 Å². The molecule has 4 atom stereocenters. The number of thiol groups is 1. The van der Waals surface area contributed by atoms with Crippen molar-refractivity contribution in [2.24, 2.45) is 11.5 Å². The molecule has 11 nitrogen and oxygen atoms in total. The minimum atomic E-state index is -1.41. The summed E-state index contributed by atoms with van der Waals surface area (Å²) in [5.74, 6) is -4.05. The van der Waals surface area contributed by atoms with Gasteiger partial charge in [-0.25, -0.2) is 4.79 Å². The maximum Gasteiger partial charge on any atom is 0.327 e. The van der Waals surface area contributed by atoms with Crippen LogP contribution in [0.5, 0.6) is 0 Å². The Kier molecular flexibility index (Phi) is 12.3.